The average molecular weight is 557 g/mol. The summed E-state index contributed by atoms with van der Waals surface area (Å²) < 4.78 is 7.24. The number of carbonyl (C=O) groups excluding carboxylic acids is 2. The molecule has 5 N–H and O–H groups in total. The Morgan fingerprint density at radius 3 is 2.63 bits per heavy atom. The number of fused-ring (bicyclic) bond motifs is 1. The van der Waals surface area contributed by atoms with Gasteiger partial charge in [-0.3, -0.25) is 19.5 Å². The number of halogens is 2. The summed E-state index contributed by atoms with van der Waals surface area (Å²) in [7, 11) is 0. The highest BCUT2D eigenvalue weighted by Gasteiger charge is 2.26. The van der Waals surface area contributed by atoms with Gasteiger partial charge in [0.05, 0.1) is 33.4 Å². The molecule has 2 aromatic heterocycles. The highest BCUT2D eigenvalue weighted by molar-refractivity contribution is 6.37. The summed E-state index contributed by atoms with van der Waals surface area (Å²) in [5, 5.41) is 6.56. The van der Waals surface area contributed by atoms with E-state index in [-0.39, 0.29) is 27.4 Å². The molecule has 5 rings (SSSR count). The molecule has 1 aliphatic rings. The fraction of sp³-hybridized carbons (Fsp3) is 0.280. The van der Waals surface area contributed by atoms with Crippen molar-refractivity contribution in [2.24, 2.45) is 5.73 Å². The molecule has 11 nitrogen and oxygen atoms in total. The van der Waals surface area contributed by atoms with Crippen molar-refractivity contribution in [2.45, 2.75) is 6.42 Å². The molecule has 1 fully saturated rings. The molecule has 0 atom stereocenters. The van der Waals surface area contributed by atoms with E-state index in [4.69, 9.17) is 33.7 Å². The molecule has 0 unspecified atom stereocenters. The third kappa shape index (κ3) is 5.60. The number of rotatable bonds is 9. The van der Waals surface area contributed by atoms with Crippen molar-refractivity contribution < 1.29 is 14.3 Å². The van der Waals surface area contributed by atoms with Crippen LogP contribution in [0.15, 0.2) is 42.7 Å². The van der Waals surface area contributed by atoms with Gasteiger partial charge in [0.25, 0.3) is 11.8 Å². The number of imidazole rings is 2. The van der Waals surface area contributed by atoms with Gasteiger partial charge in [0, 0.05) is 38.8 Å². The number of aromatic nitrogens is 4. The molecule has 2 aromatic carbocycles. The second-order valence-corrected chi connectivity index (χ2v) is 9.57. The van der Waals surface area contributed by atoms with Crippen molar-refractivity contribution in [3.63, 3.8) is 0 Å². The van der Waals surface area contributed by atoms with Crippen LogP contribution in [0.3, 0.4) is 0 Å². The summed E-state index contributed by atoms with van der Waals surface area (Å²) >= 11 is 12.7. The third-order valence-corrected chi connectivity index (χ3v) is 6.79. The Bertz CT molecular complexity index is 1460. The average Bonchev–Trinajstić information content (AvgIpc) is 3.51. The monoisotopic (exact) mass is 556 g/mol. The number of para-hydroxylation sites is 1. The Morgan fingerprint density at radius 1 is 1.13 bits per heavy atom. The van der Waals surface area contributed by atoms with E-state index >= 15 is 0 Å². The van der Waals surface area contributed by atoms with Crippen LogP contribution in [0.1, 0.15) is 27.4 Å². The van der Waals surface area contributed by atoms with Crippen LogP contribution >= 0.6 is 23.2 Å². The highest BCUT2D eigenvalue weighted by Crippen LogP contribution is 2.30. The molecule has 1 aliphatic heterocycles. The number of amides is 2. The molecule has 0 radical (unpaired) electrons. The number of benzene rings is 2. The molecule has 0 bridgehead atoms. The summed E-state index contributed by atoms with van der Waals surface area (Å²) in [6.07, 6.45) is 2.19. The summed E-state index contributed by atoms with van der Waals surface area (Å²) in [6, 6.07) is 10.4. The van der Waals surface area contributed by atoms with Gasteiger partial charge in [-0.1, -0.05) is 29.3 Å². The first-order valence-electron chi connectivity index (χ1n) is 12.1. The SMILES string of the molecule is NC(=O)c1ncn(-c2c(Cl)cccc2Cl)c1C(=O)Nc1nc2cc(OCCCN3CCNCC3)ccc2[nH]1. The molecule has 3 heterocycles. The van der Waals surface area contributed by atoms with Gasteiger partial charge in [0.1, 0.15) is 17.8 Å². The van der Waals surface area contributed by atoms with E-state index in [9.17, 15) is 9.59 Å². The second-order valence-electron chi connectivity index (χ2n) is 8.76. The number of nitrogens with one attached hydrogen (secondary N) is 3. The number of hydrogen-bond acceptors (Lipinski definition) is 7. The van der Waals surface area contributed by atoms with Crippen molar-refractivity contribution in [1.82, 2.24) is 29.7 Å². The van der Waals surface area contributed by atoms with E-state index in [1.54, 1.807) is 24.3 Å². The van der Waals surface area contributed by atoms with Crippen LogP contribution in [-0.2, 0) is 0 Å². The highest BCUT2D eigenvalue weighted by atomic mass is 35.5. The number of primary amides is 1. The summed E-state index contributed by atoms with van der Waals surface area (Å²) in [5.74, 6) is -0.685. The van der Waals surface area contributed by atoms with Gasteiger partial charge in [-0.2, -0.15) is 0 Å². The number of nitrogens with two attached hydrogens (primary N) is 1. The van der Waals surface area contributed by atoms with Crippen LogP contribution in [0.25, 0.3) is 16.7 Å². The lowest BCUT2D eigenvalue weighted by atomic mass is 10.2. The van der Waals surface area contributed by atoms with Gasteiger partial charge in [0.15, 0.2) is 5.69 Å². The molecule has 0 spiro atoms. The number of piperazine rings is 1. The molecule has 0 aliphatic carbocycles. The van der Waals surface area contributed by atoms with E-state index in [1.165, 1.54) is 10.9 Å². The summed E-state index contributed by atoms with van der Waals surface area (Å²) in [6.45, 7) is 5.74. The number of H-pyrrole nitrogens is 1. The molecular weight excluding hydrogens is 531 g/mol. The maximum absolute atomic E-state index is 13.3. The van der Waals surface area contributed by atoms with Crippen LogP contribution in [-0.4, -0.2) is 75.6 Å². The van der Waals surface area contributed by atoms with Crippen molar-refractivity contribution in [3.05, 3.63) is 64.2 Å². The minimum atomic E-state index is -0.875. The molecule has 1 saturated heterocycles. The second kappa shape index (κ2) is 11.4. The van der Waals surface area contributed by atoms with E-state index in [0.29, 0.717) is 29.1 Å². The lowest BCUT2D eigenvalue weighted by Gasteiger charge is -2.26. The number of carbonyl (C=O) groups is 2. The molecule has 13 heteroatoms. The van der Waals surface area contributed by atoms with Crippen LogP contribution in [0, 0.1) is 0 Å². The van der Waals surface area contributed by atoms with E-state index < -0.39 is 11.8 Å². The lowest BCUT2D eigenvalue weighted by molar-refractivity contribution is 0.0970. The molecule has 38 heavy (non-hydrogen) atoms. The fourth-order valence-electron chi connectivity index (χ4n) is 4.35. The van der Waals surface area contributed by atoms with Gasteiger partial charge in [-0.25, -0.2) is 9.97 Å². The Balaban J connectivity index is 1.31. The number of hydrogen-bond donors (Lipinski definition) is 4. The first kappa shape index (κ1) is 26.0. The minimum Gasteiger partial charge on any atom is -0.493 e. The Labute approximate surface area is 228 Å². The maximum Gasteiger partial charge on any atom is 0.277 e. The number of ether oxygens (including phenoxy) is 1. The van der Waals surface area contributed by atoms with Gasteiger partial charge in [-0.05, 0) is 30.7 Å². The Morgan fingerprint density at radius 2 is 1.89 bits per heavy atom. The Kier molecular flexibility index (Phi) is 7.79. The van der Waals surface area contributed by atoms with Crippen molar-refractivity contribution in [2.75, 3.05) is 44.6 Å². The van der Waals surface area contributed by atoms with Crippen molar-refractivity contribution in [1.29, 1.82) is 0 Å². The largest absolute Gasteiger partial charge is 0.493 e. The zero-order valence-electron chi connectivity index (χ0n) is 20.3. The van der Waals surface area contributed by atoms with Crippen LogP contribution < -0.4 is 21.1 Å². The first-order chi connectivity index (χ1) is 18.4. The summed E-state index contributed by atoms with van der Waals surface area (Å²) in [5.41, 5.74) is 6.73. The topological polar surface area (TPSA) is 143 Å². The minimum absolute atomic E-state index is 0.124. The van der Waals surface area contributed by atoms with Crippen molar-refractivity contribution in [3.8, 4) is 11.4 Å². The van der Waals surface area contributed by atoms with Gasteiger partial charge in [0.2, 0.25) is 5.95 Å². The van der Waals surface area contributed by atoms with Gasteiger partial charge in [-0.15, -0.1) is 0 Å². The Hall–Kier alpha value is -3.64. The summed E-state index contributed by atoms with van der Waals surface area (Å²) in [4.78, 5) is 39.3. The van der Waals surface area contributed by atoms with E-state index in [2.05, 4.69) is 30.5 Å². The quantitative estimate of drug-likeness (QED) is 0.232. The zero-order chi connectivity index (χ0) is 26.6. The van der Waals surface area contributed by atoms with E-state index in [1.807, 2.05) is 12.1 Å². The molecule has 2 amide bonds. The predicted molar refractivity (Wildman–Crippen MR) is 146 cm³/mol. The van der Waals surface area contributed by atoms with Crippen LogP contribution in [0.2, 0.25) is 10.0 Å². The molecular formula is C25H26Cl2N8O3. The lowest BCUT2D eigenvalue weighted by Crippen LogP contribution is -2.43. The number of anilines is 1. The number of nitrogens with zero attached hydrogens (tertiary/aromatic N) is 4. The van der Waals surface area contributed by atoms with E-state index in [0.717, 1.165) is 39.1 Å². The van der Waals surface area contributed by atoms with Crippen LogP contribution in [0.5, 0.6) is 5.75 Å². The first-order valence-corrected chi connectivity index (χ1v) is 12.8. The zero-order valence-corrected chi connectivity index (χ0v) is 21.8. The molecule has 198 valence electrons. The van der Waals surface area contributed by atoms with Crippen molar-refractivity contribution >= 4 is 52.0 Å². The predicted octanol–water partition coefficient (Wildman–Crippen LogP) is 3.08. The van der Waals surface area contributed by atoms with Gasteiger partial charge < -0.3 is 25.7 Å². The smallest absolute Gasteiger partial charge is 0.277 e. The molecule has 4 aromatic rings. The van der Waals surface area contributed by atoms with Gasteiger partial charge >= 0.3 is 0 Å². The maximum atomic E-state index is 13.3. The molecule has 0 saturated carbocycles. The standard InChI is InChI=1S/C25H26Cl2N8O3/c26-16-3-1-4-17(27)21(16)35-14-30-20(23(28)36)22(35)24(37)33-25-31-18-6-5-15(13-19(18)32-25)38-12-2-9-34-10-7-29-8-11-34/h1,3-6,13-14,29H,2,7-12H2,(H2,28,36)(H2,31,32,33,37). The number of aromatic amines is 1. The fourth-order valence-corrected chi connectivity index (χ4v) is 4.93. The third-order valence-electron chi connectivity index (χ3n) is 6.18. The normalized spacial score (nSPS) is 14.1. The van der Waals surface area contributed by atoms with Crippen LogP contribution in [0.4, 0.5) is 5.95 Å².